The van der Waals surface area contributed by atoms with Gasteiger partial charge in [0.2, 0.25) is 0 Å². The van der Waals surface area contributed by atoms with Crippen LogP contribution >= 0.6 is 11.3 Å². The Morgan fingerprint density at radius 1 is 1.31 bits per heavy atom. The molecular weight excluding hydrogens is 348 g/mol. The highest BCUT2D eigenvalue weighted by atomic mass is 32.1. The molecule has 0 bridgehead atoms. The molecule has 1 atom stereocenters. The number of cyclic esters (lactones) is 1. The Hall–Kier alpha value is -1.92. The summed E-state index contributed by atoms with van der Waals surface area (Å²) >= 11 is 1.54. The molecule has 2 aliphatic heterocycles. The van der Waals surface area contributed by atoms with Gasteiger partial charge in [0.15, 0.2) is 0 Å². The Bertz CT molecular complexity index is 803. The Balaban J connectivity index is 1.43. The van der Waals surface area contributed by atoms with E-state index in [1.54, 1.807) is 11.3 Å². The van der Waals surface area contributed by atoms with Crippen molar-refractivity contribution < 1.29 is 14.3 Å². The Labute approximate surface area is 157 Å². The molecule has 26 heavy (non-hydrogen) atoms. The smallest absolute Gasteiger partial charge is 0.312 e. The Morgan fingerprint density at radius 3 is 2.73 bits per heavy atom. The number of fused-ring (bicyclic) bond motifs is 1. The molecular formula is C20H24N2O3S. The van der Waals surface area contributed by atoms with Crippen LogP contribution in [0, 0.1) is 5.41 Å². The maximum atomic E-state index is 12.9. The maximum absolute atomic E-state index is 12.9. The lowest BCUT2D eigenvalue weighted by Gasteiger charge is -2.36. The number of thiophene rings is 1. The van der Waals surface area contributed by atoms with Crippen molar-refractivity contribution in [1.82, 2.24) is 9.80 Å². The lowest BCUT2D eigenvalue weighted by atomic mass is 9.76. The Kier molecular flexibility index (Phi) is 4.49. The van der Waals surface area contributed by atoms with Gasteiger partial charge in [-0.15, -0.1) is 11.3 Å². The topological polar surface area (TPSA) is 49.9 Å². The fourth-order valence-corrected chi connectivity index (χ4v) is 5.17. The van der Waals surface area contributed by atoms with Gasteiger partial charge >= 0.3 is 5.97 Å². The number of hydrogen-bond donors (Lipinski definition) is 0. The van der Waals surface area contributed by atoms with Gasteiger partial charge < -0.3 is 14.5 Å². The van der Waals surface area contributed by atoms with Crippen LogP contribution in [-0.4, -0.2) is 61.5 Å². The number of rotatable bonds is 3. The molecule has 0 radical (unpaired) electrons. The van der Waals surface area contributed by atoms with Gasteiger partial charge in [-0.25, -0.2) is 0 Å². The van der Waals surface area contributed by atoms with Crippen molar-refractivity contribution in [3.63, 3.8) is 0 Å². The van der Waals surface area contributed by atoms with Crippen LogP contribution in [-0.2, 0) is 9.53 Å². The molecule has 2 aromatic rings. The molecule has 138 valence electrons. The van der Waals surface area contributed by atoms with E-state index in [-0.39, 0.29) is 18.0 Å². The van der Waals surface area contributed by atoms with E-state index in [9.17, 15) is 9.59 Å². The molecule has 0 aliphatic carbocycles. The van der Waals surface area contributed by atoms with Gasteiger partial charge in [0, 0.05) is 30.8 Å². The molecule has 1 spiro atoms. The van der Waals surface area contributed by atoms with E-state index in [0.717, 1.165) is 27.9 Å². The molecule has 1 aromatic heterocycles. The minimum Gasteiger partial charge on any atom is -0.461 e. The molecule has 2 fully saturated rings. The molecule has 6 heteroatoms. The number of ether oxygens (including phenoxy) is 1. The molecule has 3 heterocycles. The minimum absolute atomic E-state index is 0.0256. The van der Waals surface area contributed by atoms with Gasteiger partial charge in [-0.1, -0.05) is 18.2 Å². The van der Waals surface area contributed by atoms with Gasteiger partial charge in [0.1, 0.15) is 6.10 Å². The lowest BCUT2D eigenvalue weighted by Crippen LogP contribution is -2.45. The second-order valence-corrected chi connectivity index (χ2v) is 8.80. The van der Waals surface area contributed by atoms with E-state index in [1.807, 2.05) is 49.3 Å². The fraction of sp³-hybridized carbons (Fsp3) is 0.500. The maximum Gasteiger partial charge on any atom is 0.312 e. The van der Waals surface area contributed by atoms with Gasteiger partial charge in [-0.05, 0) is 44.5 Å². The van der Waals surface area contributed by atoms with E-state index in [1.165, 1.54) is 0 Å². The summed E-state index contributed by atoms with van der Waals surface area (Å²) in [6.45, 7) is 2.01. The third kappa shape index (κ3) is 3.12. The first-order chi connectivity index (χ1) is 12.5. The van der Waals surface area contributed by atoms with E-state index in [2.05, 4.69) is 4.90 Å². The first-order valence-electron chi connectivity index (χ1n) is 9.10. The summed E-state index contributed by atoms with van der Waals surface area (Å²) in [6, 6.07) is 10.0. The number of likely N-dealkylation sites (N-methyl/N-ethyl adjacent to an activating group) is 1. The molecule has 1 unspecified atom stereocenters. The zero-order valence-electron chi connectivity index (χ0n) is 15.2. The van der Waals surface area contributed by atoms with Crippen LogP contribution in [0.2, 0.25) is 0 Å². The average molecular weight is 372 g/mol. The molecule has 5 nitrogen and oxygen atoms in total. The molecule has 1 aromatic carbocycles. The third-order valence-corrected chi connectivity index (χ3v) is 6.64. The summed E-state index contributed by atoms with van der Waals surface area (Å²) in [7, 11) is 3.98. The van der Waals surface area contributed by atoms with Crippen molar-refractivity contribution in [1.29, 1.82) is 0 Å². The van der Waals surface area contributed by atoms with Crippen LogP contribution in [0.15, 0.2) is 30.3 Å². The van der Waals surface area contributed by atoms with Crippen LogP contribution in [0.1, 0.15) is 28.9 Å². The number of hydrogen-bond acceptors (Lipinski definition) is 5. The molecule has 0 saturated carbocycles. The number of likely N-dealkylation sites (tertiary alicyclic amines) is 1. The van der Waals surface area contributed by atoms with Crippen LogP contribution in [0.4, 0.5) is 0 Å². The molecule has 2 saturated heterocycles. The largest absolute Gasteiger partial charge is 0.461 e. The number of amides is 1. The van der Waals surface area contributed by atoms with Crippen LogP contribution < -0.4 is 0 Å². The van der Waals surface area contributed by atoms with Crippen molar-refractivity contribution >= 4 is 33.3 Å². The predicted molar refractivity (Wildman–Crippen MR) is 102 cm³/mol. The molecule has 4 rings (SSSR count). The zero-order chi connectivity index (χ0) is 18.3. The first kappa shape index (κ1) is 17.5. The average Bonchev–Trinajstić information content (AvgIpc) is 3.16. The van der Waals surface area contributed by atoms with Crippen LogP contribution in [0.3, 0.4) is 0 Å². The van der Waals surface area contributed by atoms with E-state index in [0.29, 0.717) is 25.9 Å². The monoisotopic (exact) mass is 372 g/mol. The SMILES string of the molecule is CN(C)CC1CC2(CCN(C(=O)c3cc4ccccc4s3)CC2)C(=O)O1. The second-order valence-electron chi connectivity index (χ2n) is 7.71. The van der Waals surface area contributed by atoms with E-state index >= 15 is 0 Å². The number of nitrogens with zero attached hydrogens (tertiary/aromatic N) is 2. The molecule has 2 aliphatic rings. The van der Waals surface area contributed by atoms with Crippen molar-refractivity contribution in [2.24, 2.45) is 5.41 Å². The summed E-state index contributed by atoms with van der Waals surface area (Å²) < 4.78 is 6.74. The number of carbonyl (C=O) groups excluding carboxylic acids is 2. The summed E-state index contributed by atoms with van der Waals surface area (Å²) in [5, 5.41) is 1.11. The van der Waals surface area contributed by atoms with Crippen molar-refractivity contribution in [2.45, 2.75) is 25.4 Å². The van der Waals surface area contributed by atoms with E-state index < -0.39 is 5.41 Å². The van der Waals surface area contributed by atoms with Gasteiger partial charge in [-0.2, -0.15) is 0 Å². The molecule has 0 N–H and O–H groups in total. The predicted octanol–water partition coefficient (Wildman–Crippen LogP) is 3.00. The highest BCUT2D eigenvalue weighted by Gasteiger charge is 2.50. The number of esters is 1. The quantitative estimate of drug-likeness (QED) is 0.777. The summed E-state index contributed by atoms with van der Waals surface area (Å²) in [5.41, 5.74) is -0.391. The summed E-state index contributed by atoms with van der Waals surface area (Å²) in [6.07, 6.45) is 2.15. The highest BCUT2D eigenvalue weighted by Crippen LogP contribution is 2.43. The van der Waals surface area contributed by atoms with Crippen molar-refractivity contribution in [3.05, 3.63) is 35.2 Å². The van der Waals surface area contributed by atoms with E-state index in [4.69, 9.17) is 4.74 Å². The Morgan fingerprint density at radius 2 is 2.04 bits per heavy atom. The minimum atomic E-state index is -0.391. The normalized spacial score (nSPS) is 22.3. The van der Waals surface area contributed by atoms with Gasteiger partial charge in [-0.3, -0.25) is 9.59 Å². The third-order valence-electron chi connectivity index (χ3n) is 5.54. The number of carbonyl (C=O) groups is 2. The highest BCUT2D eigenvalue weighted by molar-refractivity contribution is 7.20. The zero-order valence-corrected chi connectivity index (χ0v) is 16.1. The standard InChI is InChI=1S/C20H24N2O3S/c1-21(2)13-15-12-20(19(24)25-15)7-9-22(10-8-20)18(23)17-11-14-5-3-4-6-16(14)26-17/h3-6,11,15H,7-10,12-13H2,1-2H3. The number of piperidine rings is 1. The molecule has 1 amide bonds. The lowest BCUT2D eigenvalue weighted by molar-refractivity contribution is -0.150. The first-order valence-corrected chi connectivity index (χ1v) is 9.92. The fourth-order valence-electron chi connectivity index (χ4n) is 4.14. The van der Waals surface area contributed by atoms with Crippen molar-refractivity contribution in [2.75, 3.05) is 33.7 Å². The van der Waals surface area contributed by atoms with Crippen molar-refractivity contribution in [3.8, 4) is 0 Å². The number of benzene rings is 1. The summed E-state index contributed by atoms with van der Waals surface area (Å²) in [5.74, 6) is 0.00978. The summed E-state index contributed by atoms with van der Waals surface area (Å²) in [4.78, 5) is 30.1. The van der Waals surface area contributed by atoms with Gasteiger partial charge in [0.05, 0.1) is 10.3 Å². The van der Waals surface area contributed by atoms with Crippen LogP contribution in [0.5, 0.6) is 0 Å². The van der Waals surface area contributed by atoms with Crippen LogP contribution in [0.25, 0.3) is 10.1 Å². The van der Waals surface area contributed by atoms with Gasteiger partial charge in [0.25, 0.3) is 5.91 Å². The second kappa shape index (κ2) is 6.67.